The highest BCUT2D eigenvalue weighted by Crippen LogP contribution is 2.31. The van der Waals surface area contributed by atoms with Gasteiger partial charge in [-0.3, -0.25) is 0 Å². The number of aliphatic hydroxyl groups is 2. The lowest BCUT2D eigenvalue weighted by Gasteiger charge is -2.28. The molecular weight excluding hydrogens is 472 g/mol. The van der Waals surface area contributed by atoms with Crippen LogP contribution in [-0.4, -0.2) is 71.6 Å². The number of fused-ring (bicyclic) bond motifs is 4. The third-order valence-electron chi connectivity index (χ3n) is 7.53. The Balaban J connectivity index is 1.49. The summed E-state index contributed by atoms with van der Waals surface area (Å²) in [6.45, 7) is 8.95. The van der Waals surface area contributed by atoms with Gasteiger partial charge in [0.05, 0.1) is 37.1 Å². The van der Waals surface area contributed by atoms with Crippen molar-refractivity contribution < 1.29 is 34.0 Å². The fraction of sp³-hybridized carbons (Fsp3) is 0.633. The molecule has 6 unspecified atom stereocenters. The molecule has 0 radical (unpaired) electrons. The van der Waals surface area contributed by atoms with Crippen molar-refractivity contribution in [1.82, 2.24) is 0 Å². The van der Waals surface area contributed by atoms with Crippen LogP contribution in [0.3, 0.4) is 0 Å². The molecule has 1 saturated heterocycles. The van der Waals surface area contributed by atoms with Gasteiger partial charge in [-0.25, -0.2) is 4.79 Å². The summed E-state index contributed by atoms with van der Waals surface area (Å²) in [6.07, 6.45) is 13.7. The molecule has 0 spiro atoms. The van der Waals surface area contributed by atoms with E-state index in [2.05, 4.69) is 32.6 Å². The van der Waals surface area contributed by atoms with Crippen LogP contribution in [0.25, 0.3) is 0 Å². The first-order valence-electron chi connectivity index (χ1n) is 13.6. The molecule has 1 fully saturated rings. The van der Waals surface area contributed by atoms with Gasteiger partial charge in [-0.1, -0.05) is 61.1 Å². The maximum absolute atomic E-state index is 12.7. The molecule has 4 aliphatic heterocycles. The van der Waals surface area contributed by atoms with E-state index in [-0.39, 0.29) is 31.2 Å². The van der Waals surface area contributed by atoms with Crippen molar-refractivity contribution in [3.05, 3.63) is 60.3 Å². The minimum atomic E-state index is -1.12. The standard InChI is InChI=1S/C30H42O7/c1-19-12-13-34-23(15-19)10-11-26-27-18-28(36-26)30(33)25(31)17-21(3)14-20(2)16-24-8-4-6-22(35-24)7-5-9-29(32)37-27/h4-6,9-12,20,22-28,30-31,33H,3,7-8,13-18H2,1-2H3/b9-5+,11-10+/t20?,22?,23?,24?,25?,26-,27-,28?,30-/m1/s1. The van der Waals surface area contributed by atoms with E-state index in [1.165, 1.54) is 11.6 Å². The van der Waals surface area contributed by atoms with Crippen molar-refractivity contribution in [1.29, 1.82) is 0 Å². The van der Waals surface area contributed by atoms with Crippen molar-refractivity contribution in [2.45, 2.75) is 108 Å². The van der Waals surface area contributed by atoms with Gasteiger partial charge in [0.2, 0.25) is 0 Å². The number of aliphatic hydroxyl groups excluding tert-OH is 2. The van der Waals surface area contributed by atoms with Crippen LogP contribution in [0.5, 0.6) is 0 Å². The largest absolute Gasteiger partial charge is 0.456 e. The highest BCUT2D eigenvalue weighted by Gasteiger charge is 2.42. The number of ether oxygens (including phenoxy) is 4. The molecule has 0 aliphatic carbocycles. The zero-order chi connectivity index (χ0) is 26.4. The predicted molar refractivity (Wildman–Crippen MR) is 141 cm³/mol. The molecule has 0 saturated carbocycles. The molecule has 37 heavy (non-hydrogen) atoms. The molecular formula is C30H42O7. The first kappa shape index (κ1) is 28.0. The average Bonchev–Trinajstić information content (AvgIpc) is 3.24. The van der Waals surface area contributed by atoms with E-state index < -0.39 is 36.5 Å². The van der Waals surface area contributed by atoms with Crippen molar-refractivity contribution >= 4 is 5.97 Å². The summed E-state index contributed by atoms with van der Waals surface area (Å²) in [5.41, 5.74) is 2.15. The minimum absolute atomic E-state index is 0.0723. The molecule has 9 atom stereocenters. The van der Waals surface area contributed by atoms with Crippen LogP contribution in [0.2, 0.25) is 0 Å². The van der Waals surface area contributed by atoms with Crippen LogP contribution >= 0.6 is 0 Å². The molecule has 0 amide bonds. The van der Waals surface area contributed by atoms with Crippen LogP contribution in [0, 0.1) is 5.92 Å². The molecule has 4 bridgehead atoms. The average molecular weight is 515 g/mol. The summed E-state index contributed by atoms with van der Waals surface area (Å²) >= 11 is 0. The monoisotopic (exact) mass is 514 g/mol. The normalized spacial score (nSPS) is 41.1. The van der Waals surface area contributed by atoms with E-state index in [1.54, 1.807) is 6.08 Å². The molecule has 0 aromatic heterocycles. The fourth-order valence-corrected chi connectivity index (χ4v) is 5.62. The molecule has 0 aromatic carbocycles. The first-order valence-corrected chi connectivity index (χ1v) is 13.6. The van der Waals surface area contributed by atoms with Crippen molar-refractivity contribution in [2.24, 2.45) is 5.92 Å². The minimum Gasteiger partial charge on any atom is -0.456 e. The van der Waals surface area contributed by atoms with Crippen LogP contribution in [0.4, 0.5) is 0 Å². The van der Waals surface area contributed by atoms with Crippen LogP contribution in [0.15, 0.2) is 60.3 Å². The van der Waals surface area contributed by atoms with Gasteiger partial charge in [0.25, 0.3) is 0 Å². The molecule has 7 heteroatoms. The van der Waals surface area contributed by atoms with E-state index in [0.29, 0.717) is 18.9 Å². The van der Waals surface area contributed by atoms with Crippen LogP contribution in [0.1, 0.15) is 58.8 Å². The lowest BCUT2D eigenvalue weighted by molar-refractivity contribution is -0.144. The SMILES string of the molecule is C=C1CC(C)CC2CC=CC(C/C=C/C(=O)O[C@@H]3CC(O[C@@H]3/C=C/C3CC(C)=CCO3)[C@H](O)C(O)C1)O2. The molecule has 0 aromatic rings. The van der Waals surface area contributed by atoms with Crippen molar-refractivity contribution in [2.75, 3.05) is 6.61 Å². The summed E-state index contributed by atoms with van der Waals surface area (Å²) in [5, 5.41) is 21.7. The number of hydrogen-bond donors (Lipinski definition) is 2. The van der Waals surface area contributed by atoms with Gasteiger partial charge < -0.3 is 29.2 Å². The Morgan fingerprint density at radius 1 is 1.03 bits per heavy atom. The Kier molecular flexibility index (Phi) is 9.96. The van der Waals surface area contributed by atoms with Crippen molar-refractivity contribution in [3.63, 3.8) is 0 Å². The lowest BCUT2D eigenvalue weighted by atomic mass is 9.90. The maximum Gasteiger partial charge on any atom is 0.330 e. The molecule has 4 rings (SSSR count). The maximum atomic E-state index is 12.7. The Morgan fingerprint density at radius 2 is 1.86 bits per heavy atom. The van der Waals surface area contributed by atoms with Gasteiger partial charge in [-0.2, -0.15) is 0 Å². The van der Waals surface area contributed by atoms with Crippen molar-refractivity contribution in [3.8, 4) is 0 Å². The zero-order valence-electron chi connectivity index (χ0n) is 22.0. The topological polar surface area (TPSA) is 94.5 Å². The second-order valence-corrected chi connectivity index (χ2v) is 11.0. The molecule has 7 nitrogen and oxygen atoms in total. The van der Waals surface area contributed by atoms with Gasteiger partial charge in [0.1, 0.15) is 18.3 Å². The fourth-order valence-electron chi connectivity index (χ4n) is 5.62. The Morgan fingerprint density at radius 3 is 2.68 bits per heavy atom. The number of hydrogen-bond acceptors (Lipinski definition) is 7. The third kappa shape index (κ3) is 8.23. The highest BCUT2D eigenvalue weighted by atomic mass is 16.6. The summed E-state index contributed by atoms with van der Waals surface area (Å²) in [6, 6.07) is 0. The van der Waals surface area contributed by atoms with Crippen LogP contribution < -0.4 is 0 Å². The Bertz CT molecular complexity index is 919. The highest BCUT2D eigenvalue weighted by molar-refractivity contribution is 5.82. The van der Waals surface area contributed by atoms with Gasteiger partial charge in [0.15, 0.2) is 0 Å². The molecule has 2 N–H and O–H groups in total. The summed E-state index contributed by atoms with van der Waals surface area (Å²) < 4.78 is 23.9. The summed E-state index contributed by atoms with van der Waals surface area (Å²) in [5.74, 6) is -0.129. The van der Waals surface area contributed by atoms with Crippen LogP contribution in [-0.2, 0) is 23.7 Å². The third-order valence-corrected chi connectivity index (χ3v) is 7.53. The second-order valence-electron chi connectivity index (χ2n) is 11.0. The van der Waals surface area contributed by atoms with E-state index >= 15 is 0 Å². The van der Waals surface area contributed by atoms with E-state index in [1.807, 2.05) is 18.2 Å². The number of carbonyl (C=O) groups is 1. The quantitative estimate of drug-likeness (QED) is 0.423. The molecule has 4 heterocycles. The Labute approximate surface area is 220 Å². The number of carbonyl (C=O) groups excluding carboxylic acids is 1. The lowest BCUT2D eigenvalue weighted by Crippen LogP contribution is -2.37. The van der Waals surface area contributed by atoms with E-state index in [9.17, 15) is 15.0 Å². The molecule has 204 valence electrons. The van der Waals surface area contributed by atoms with Gasteiger partial charge >= 0.3 is 5.97 Å². The van der Waals surface area contributed by atoms with Gasteiger partial charge in [-0.05, 0) is 51.4 Å². The zero-order valence-corrected chi connectivity index (χ0v) is 22.0. The van der Waals surface area contributed by atoms with Gasteiger partial charge in [0, 0.05) is 12.5 Å². The smallest absolute Gasteiger partial charge is 0.330 e. The molecule has 4 aliphatic rings. The van der Waals surface area contributed by atoms with E-state index in [0.717, 1.165) is 31.3 Å². The predicted octanol–water partition coefficient (Wildman–Crippen LogP) is 4.11. The second kappa shape index (κ2) is 13.2. The number of esters is 1. The Hall–Kier alpha value is -2.03. The summed E-state index contributed by atoms with van der Waals surface area (Å²) in [4.78, 5) is 12.7. The number of rotatable bonds is 2. The van der Waals surface area contributed by atoms with E-state index in [4.69, 9.17) is 18.9 Å². The first-order chi connectivity index (χ1) is 17.8. The summed E-state index contributed by atoms with van der Waals surface area (Å²) in [7, 11) is 0. The van der Waals surface area contributed by atoms with Gasteiger partial charge in [-0.15, -0.1) is 0 Å².